The van der Waals surface area contributed by atoms with E-state index in [1.165, 1.54) is 25.7 Å². The number of ether oxygens (including phenoxy) is 2. The van der Waals surface area contributed by atoms with E-state index in [1.54, 1.807) is 12.5 Å². The van der Waals surface area contributed by atoms with E-state index in [0.717, 1.165) is 12.8 Å². The van der Waals surface area contributed by atoms with Crippen LogP contribution in [0, 0.1) is 0 Å². The quantitative estimate of drug-likeness (QED) is 0.250. The largest absolute Gasteiger partial charge is 0.498 e. The molecule has 0 saturated carbocycles. The predicted octanol–water partition coefficient (Wildman–Crippen LogP) is 5.54. The fourth-order valence-electron chi connectivity index (χ4n) is 1.43. The smallest absolute Gasteiger partial charge is 0.121 e. The first-order valence-electron chi connectivity index (χ1n) is 7.78. The zero-order chi connectivity index (χ0) is 14.7. The molecule has 0 N–H and O–H groups in total. The third-order valence-corrected chi connectivity index (χ3v) is 2.61. The molecule has 0 aromatic rings. The molecule has 0 unspecified atom stereocenters. The highest BCUT2D eigenvalue weighted by Gasteiger charge is 1.81. The number of hydrogen-bond donors (Lipinski definition) is 0. The Hall–Kier alpha value is -1.44. The molecule has 114 valence electrons. The van der Waals surface area contributed by atoms with Crippen molar-refractivity contribution in [3.8, 4) is 0 Å². The molecular weight excluding hydrogens is 248 g/mol. The van der Waals surface area contributed by atoms with Crippen molar-refractivity contribution in [1.82, 2.24) is 0 Å². The molecular formula is C18H30O2. The van der Waals surface area contributed by atoms with Crippen molar-refractivity contribution in [3.05, 3.63) is 49.0 Å². The molecule has 0 radical (unpaired) electrons. The van der Waals surface area contributed by atoms with E-state index < -0.39 is 0 Å². The number of hydrogen-bond acceptors (Lipinski definition) is 2. The summed E-state index contributed by atoms with van der Waals surface area (Å²) >= 11 is 0. The normalized spacial score (nSPS) is 12.3. The second-order valence-corrected chi connectivity index (χ2v) is 4.54. The van der Waals surface area contributed by atoms with Crippen LogP contribution in [-0.2, 0) is 9.47 Å². The minimum absolute atomic E-state index is 0.573. The molecule has 0 rings (SSSR count). The van der Waals surface area contributed by atoms with E-state index in [0.29, 0.717) is 13.2 Å². The van der Waals surface area contributed by atoms with Gasteiger partial charge in [0, 0.05) is 0 Å². The maximum Gasteiger partial charge on any atom is 0.121 e. The maximum absolute atomic E-state index is 5.29. The highest BCUT2D eigenvalue weighted by atomic mass is 16.5. The van der Waals surface area contributed by atoms with Crippen molar-refractivity contribution in [2.24, 2.45) is 0 Å². The van der Waals surface area contributed by atoms with E-state index in [4.69, 9.17) is 9.47 Å². The van der Waals surface area contributed by atoms with E-state index >= 15 is 0 Å². The fourth-order valence-corrected chi connectivity index (χ4v) is 1.43. The average Bonchev–Trinajstić information content (AvgIpc) is 2.47. The lowest BCUT2D eigenvalue weighted by Gasteiger charge is -1.99. The second-order valence-electron chi connectivity index (χ2n) is 4.54. The maximum atomic E-state index is 5.29. The molecule has 0 aliphatic carbocycles. The summed E-state index contributed by atoms with van der Waals surface area (Å²) in [5.74, 6) is 0. The summed E-state index contributed by atoms with van der Waals surface area (Å²) in [5, 5.41) is 0. The van der Waals surface area contributed by atoms with Crippen LogP contribution in [0.5, 0.6) is 0 Å². The molecule has 0 aliphatic heterocycles. The van der Waals surface area contributed by atoms with Crippen LogP contribution in [0.4, 0.5) is 0 Å². The summed E-state index contributed by atoms with van der Waals surface area (Å²) in [6.45, 7) is 5.54. The van der Waals surface area contributed by atoms with Gasteiger partial charge in [0.15, 0.2) is 0 Å². The summed E-state index contributed by atoms with van der Waals surface area (Å²) in [6.07, 6.45) is 22.9. The summed E-state index contributed by atoms with van der Waals surface area (Å²) in [6, 6.07) is 0. The van der Waals surface area contributed by atoms with Crippen LogP contribution in [0.1, 0.15) is 52.4 Å². The Balaban J connectivity index is 3.31. The molecule has 0 aromatic heterocycles. The zero-order valence-corrected chi connectivity index (χ0v) is 13.1. The molecule has 0 saturated heterocycles. The van der Waals surface area contributed by atoms with Crippen LogP contribution in [0.3, 0.4) is 0 Å². The molecule has 0 aliphatic rings. The minimum atomic E-state index is 0.573. The van der Waals surface area contributed by atoms with Crippen LogP contribution >= 0.6 is 0 Å². The van der Waals surface area contributed by atoms with Gasteiger partial charge in [0.1, 0.15) is 13.2 Å². The van der Waals surface area contributed by atoms with Crippen molar-refractivity contribution in [1.29, 1.82) is 0 Å². The van der Waals surface area contributed by atoms with E-state index in [2.05, 4.69) is 26.0 Å². The molecule has 0 amide bonds. The first kappa shape index (κ1) is 18.6. The lowest BCUT2D eigenvalue weighted by Crippen LogP contribution is -1.96. The molecule has 2 heteroatoms. The number of rotatable bonds is 13. The molecule has 0 aromatic carbocycles. The highest BCUT2D eigenvalue weighted by Crippen LogP contribution is 1.95. The fraction of sp³-hybridized carbons (Fsp3) is 0.556. The Morgan fingerprint density at radius 3 is 1.50 bits per heavy atom. The van der Waals surface area contributed by atoms with Gasteiger partial charge in [-0.1, -0.05) is 63.8 Å². The summed E-state index contributed by atoms with van der Waals surface area (Å²) in [5.41, 5.74) is 0. The second kappa shape index (κ2) is 17.6. The van der Waals surface area contributed by atoms with Crippen molar-refractivity contribution in [3.63, 3.8) is 0 Å². The molecule has 0 bridgehead atoms. The van der Waals surface area contributed by atoms with Gasteiger partial charge in [-0.25, -0.2) is 0 Å². The van der Waals surface area contributed by atoms with Gasteiger partial charge in [0.05, 0.1) is 12.5 Å². The lowest BCUT2D eigenvalue weighted by atomic mass is 10.2. The topological polar surface area (TPSA) is 18.5 Å². The number of allylic oxidation sites excluding steroid dienone is 6. The molecule has 20 heavy (non-hydrogen) atoms. The van der Waals surface area contributed by atoms with Crippen molar-refractivity contribution >= 4 is 0 Å². The molecule has 0 atom stereocenters. The Morgan fingerprint density at radius 1 is 0.650 bits per heavy atom. The molecule has 2 nitrogen and oxygen atoms in total. The molecule has 0 heterocycles. The average molecular weight is 278 g/mol. The SMILES string of the molecule is CCCCC=CC=COCCOC=CC=CCCCC. The van der Waals surface area contributed by atoms with E-state index in [1.807, 2.05) is 24.3 Å². The first-order valence-corrected chi connectivity index (χ1v) is 7.78. The Kier molecular flexibility index (Phi) is 16.3. The Bertz CT molecular complexity index is 258. The van der Waals surface area contributed by atoms with Gasteiger partial charge in [0.2, 0.25) is 0 Å². The van der Waals surface area contributed by atoms with Crippen LogP contribution in [-0.4, -0.2) is 13.2 Å². The van der Waals surface area contributed by atoms with Gasteiger partial charge in [-0.05, 0) is 25.0 Å². The van der Waals surface area contributed by atoms with Crippen LogP contribution < -0.4 is 0 Å². The van der Waals surface area contributed by atoms with Crippen molar-refractivity contribution in [2.45, 2.75) is 52.4 Å². The summed E-state index contributed by atoms with van der Waals surface area (Å²) in [4.78, 5) is 0. The van der Waals surface area contributed by atoms with Crippen LogP contribution in [0.2, 0.25) is 0 Å². The lowest BCUT2D eigenvalue weighted by molar-refractivity contribution is 0.150. The standard InChI is InChI=1S/C18H30O2/c1-3-5-7-9-11-13-15-19-17-18-20-16-14-12-10-8-6-4-2/h9-16H,3-8,17-18H2,1-2H3. The summed E-state index contributed by atoms with van der Waals surface area (Å²) in [7, 11) is 0. The van der Waals surface area contributed by atoms with Crippen molar-refractivity contribution < 1.29 is 9.47 Å². The Labute approximate surface area is 124 Å². The highest BCUT2D eigenvalue weighted by molar-refractivity contribution is 5.00. The third-order valence-electron chi connectivity index (χ3n) is 2.61. The monoisotopic (exact) mass is 278 g/mol. The van der Waals surface area contributed by atoms with Gasteiger partial charge in [-0.3, -0.25) is 0 Å². The van der Waals surface area contributed by atoms with Crippen LogP contribution in [0.25, 0.3) is 0 Å². The third kappa shape index (κ3) is 16.6. The van der Waals surface area contributed by atoms with Gasteiger partial charge in [-0.2, -0.15) is 0 Å². The summed E-state index contributed by atoms with van der Waals surface area (Å²) < 4.78 is 10.6. The van der Waals surface area contributed by atoms with Gasteiger partial charge in [0.25, 0.3) is 0 Å². The molecule has 0 fully saturated rings. The van der Waals surface area contributed by atoms with Gasteiger partial charge < -0.3 is 9.47 Å². The van der Waals surface area contributed by atoms with Gasteiger partial charge in [-0.15, -0.1) is 0 Å². The predicted molar refractivity (Wildman–Crippen MR) is 87.5 cm³/mol. The van der Waals surface area contributed by atoms with E-state index in [-0.39, 0.29) is 0 Å². The van der Waals surface area contributed by atoms with Crippen LogP contribution in [0.15, 0.2) is 49.0 Å². The van der Waals surface area contributed by atoms with Crippen molar-refractivity contribution in [2.75, 3.05) is 13.2 Å². The minimum Gasteiger partial charge on any atom is -0.498 e. The number of unbranched alkanes of at least 4 members (excludes halogenated alkanes) is 4. The van der Waals surface area contributed by atoms with Gasteiger partial charge >= 0.3 is 0 Å². The zero-order valence-electron chi connectivity index (χ0n) is 13.1. The van der Waals surface area contributed by atoms with E-state index in [9.17, 15) is 0 Å². The first-order chi connectivity index (χ1) is 9.91. The molecule has 0 spiro atoms. The Morgan fingerprint density at radius 2 is 1.10 bits per heavy atom.